The Morgan fingerprint density at radius 2 is 1.71 bits per heavy atom. The molecule has 0 aliphatic heterocycles. The van der Waals surface area contributed by atoms with Gasteiger partial charge in [-0.15, -0.1) is 0 Å². The molecule has 1 N–H and O–H groups in total. The van der Waals surface area contributed by atoms with Crippen molar-refractivity contribution in [1.82, 2.24) is 9.55 Å². The minimum atomic E-state index is -1.50. The molecule has 4 aromatic rings. The molecule has 7 heteroatoms. The largest absolute Gasteiger partial charge is 0.464 e. The normalized spacial score (nSPS) is 12.5. The number of pyridine rings is 1. The van der Waals surface area contributed by atoms with E-state index in [1.165, 1.54) is 7.11 Å². The fourth-order valence-corrected chi connectivity index (χ4v) is 4.05. The zero-order valence-electron chi connectivity index (χ0n) is 20.2. The van der Waals surface area contributed by atoms with Crippen LogP contribution in [-0.4, -0.2) is 39.3 Å². The first-order chi connectivity index (χ1) is 16.6. The minimum absolute atomic E-state index is 0.0219. The molecule has 0 amide bonds. The molecule has 0 saturated heterocycles. The van der Waals surface area contributed by atoms with Crippen LogP contribution in [0.3, 0.4) is 0 Å². The van der Waals surface area contributed by atoms with Gasteiger partial charge in [-0.25, -0.2) is 14.6 Å². The summed E-state index contributed by atoms with van der Waals surface area (Å²) in [6.45, 7) is 9.48. The second-order valence-electron chi connectivity index (χ2n) is 9.30. The van der Waals surface area contributed by atoms with Crippen LogP contribution in [0.25, 0.3) is 21.8 Å². The average molecular weight is 473 g/mol. The molecular formula is C28H28N2O5. The molecule has 0 aliphatic rings. The summed E-state index contributed by atoms with van der Waals surface area (Å²) in [5, 5.41) is 12.9. The van der Waals surface area contributed by atoms with Crippen LogP contribution in [0.4, 0.5) is 0 Å². The maximum atomic E-state index is 12.7. The minimum Gasteiger partial charge on any atom is -0.464 e. The number of methoxy groups -OCH3 is 1. The molecule has 2 aromatic carbocycles. The Labute approximate surface area is 203 Å². The molecule has 2 aromatic heterocycles. The molecule has 7 nitrogen and oxygen atoms in total. The van der Waals surface area contributed by atoms with Crippen molar-refractivity contribution in [1.29, 1.82) is 0 Å². The Hall–Kier alpha value is -3.97. The highest BCUT2D eigenvalue weighted by atomic mass is 16.6. The molecule has 4 rings (SSSR count). The van der Waals surface area contributed by atoms with E-state index in [0.29, 0.717) is 17.4 Å². The lowest BCUT2D eigenvalue weighted by Gasteiger charge is -2.22. The predicted octanol–water partition coefficient (Wildman–Crippen LogP) is 4.96. The Bertz CT molecular complexity index is 1430. The standard InChI is InChI=1S/C28H28N2O5/c1-17(26(32)35-28(2,3)4)25(31)23-24-20(15-21(29-23)27(33)34-5)19-13-9-10-14-22(19)30(24)16-18-11-7-6-8-12-18/h6-15,25,31H,1,16H2,2-5H3. The summed E-state index contributed by atoms with van der Waals surface area (Å²) in [4.78, 5) is 29.6. The molecular weight excluding hydrogens is 444 g/mol. The fraction of sp³-hybridized carbons (Fsp3) is 0.250. The average Bonchev–Trinajstić information content (AvgIpc) is 3.15. The Morgan fingerprint density at radius 3 is 2.37 bits per heavy atom. The summed E-state index contributed by atoms with van der Waals surface area (Å²) >= 11 is 0. The number of ether oxygens (including phenoxy) is 2. The van der Waals surface area contributed by atoms with Gasteiger partial charge in [-0.1, -0.05) is 55.1 Å². The van der Waals surface area contributed by atoms with E-state index >= 15 is 0 Å². The van der Waals surface area contributed by atoms with E-state index < -0.39 is 23.6 Å². The number of hydrogen-bond acceptors (Lipinski definition) is 6. The molecule has 1 atom stereocenters. The van der Waals surface area contributed by atoms with Gasteiger partial charge in [0.15, 0.2) is 0 Å². The van der Waals surface area contributed by atoms with Crippen LogP contribution in [0.2, 0.25) is 0 Å². The zero-order valence-corrected chi connectivity index (χ0v) is 20.2. The Kier molecular flexibility index (Phi) is 6.45. The first kappa shape index (κ1) is 24.2. The third kappa shape index (κ3) is 4.81. The van der Waals surface area contributed by atoms with Crippen LogP contribution in [-0.2, 0) is 20.8 Å². The number of benzene rings is 2. The van der Waals surface area contributed by atoms with Gasteiger partial charge in [0.1, 0.15) is 17.4 Å². The summed E-state index contributed by atoms with van der Waals surface area (Å²) in [5.74, 6) is -1.39. The van der Waals surface area contributed by atoms with Gasteiger partial charge in [-0.2, -0.15) is 0 Å². The molecule has 0 saturated carbocycles. The van der Waals surface area contributed by atoms with Crippen LogP contribution in [0.15, 0.2) is 72.8 Å². The summed E-state index contributed by atoms with van der Waals surface area (Å²) < 4.78 is 12.3. The van der Waals surface area contributed by atoms with E-state index in [4.69, 9.17) is 9.47 Å². The number of nitrogens with zero attached hydrogens (tertiary/aromatic N) is 2. The number of aliphatic hydroxyl groups is 1. The maximum Gasteiger partial charge on any atom is 0.356 e. The van der Waals surface area contributed by atoms with Gasteiger partial charge >= 0.3 is 11.9 Å². The van der Waals surface area contributed by atoms with Crippen molar-refractivity contribution in [2.75, 3.05) is 7.11 Å². The van der Waals surface area contributed by atoms with Gasteiger partial charge in [-0.05, 0) is 38.5 Å². The van der Waals surface area contributed by atoms with Gasteiger partial charge in [0.05, 0.1) is 23.9 Å². The van der Waals surface area contributed by atoms with E-state index in [9.17, 15) is 14.7 Å². The summed E-state index contributed by atoms with van der Waals surface area (Å²) in [5.41, 5.74) is 1.75. The van der Waals surface area contributed by atoms with Crippen molar-refractivity contribution in [2.24, 2.45) is 0 Å². The monoisotopic (exact) mass is 472 g/mol. The van der Waals surface area contributed by atoms with Crippen LogP contribution in [0.1, 0.15) is 48.6 Å². The molecule has 0 spiro atoms. The van der Waals surface area contributed by atoms with Crippen LogP contribution in [0, 0.1) is 0 Å². The first-order valence-electron chi connectivity index (χ1n) is 11.2. The molecule has 0 radical (unpaired) electrons. The molecule has 0 aliphatic carbocycles. The first-order valence-corrected chi connectivity index (χ1v) is 11.2. The highest BCUT2D eigenvalue weighted by molar-refractivity contribution is 6.11. The van der Waals surface area contributed by atoms with E-state index in [-0.39, 0.29) is 17.0 Å². The van der Waals surface area contributed by atoms with Crippen molar-refractivity contribution in [3.63, 3.8) is 0 Å². The van der Waals surface area contributed by atoms with Crippen molar-refractivity contribution in [2.45, 2.75) is 39.0 Å². The molecule has 0 bridgehead atoms. The van der Waals surface area contributed by atoms with Gasteiger partial charge in [0.2, 0.25) is 0 Å². The van der Waals surface area contributed by atoms with Gasteiger partial charge < -0.3 is 19.1 Å². The second kappa shape index (κ2) is 9.35. The van der Waals surface area contributed by atoms with Crippen molar-refractivity contribution in [3.8, 4) is 0 Å². The van der Waals surface area contributed by atoms with Crippen molar-refractivity contribution < 1.29 is 24.2 Å². The number of carbonyl (C=O) groups excluding carboxylic acids is 2. The van der Waals surface area contributed by atoms with Gasteiger partial charge in [0, 0.05) is 22.8 Å². The zero-order chi connectivity index (χ0) is 25.3. The van der Waals surface area contributed by atoms with Crippen LogP contribution < -0.4 is 0 Å². The lowest BCUT2D eigenvalue weighted by atomic mass is 10.0. The Balaban J connectivity index is 1.98. The lowest BCUT2D eigenvalue weighted by Crippen LogP contribution is -2.26. The number of carbonyl (C=O) groups is 2. The highest BCUT2D eigenvalue weighted by Gasteiger charge is 2.29. The molecule has 180 valence electrons. The van der Waals surface area contributed by atoms with Gasteiger partial charge in [0.25, 0.3) is 0 Å². The predicted molar refractivity (Wildman–Crippen MR) is 134 cm³/mol. The van der Waals surface area contributed by atoms with E-state index in [1.807, 2.05) is 59.2 Å². The lowest BCUT2D eigenvalue weighted by molar-refractivity contribution is -0.151. The van der Waals surface area contributed by atoms with Crippen LogP contribution >= 0.6 is 0 Å². The van der Waals surface area contributed by atoms with Crippen LogP contribution in [0.5, 0.6) is 0 Å². The van der Waals surface area contributed by atoms with Crippen molar-refractivity contribution in [3.05, 3.63) is 89.8 Å². The Morgan fingerprint density at radius 1 is 1.06 bits per heavy atom. The molecule has 1 unspecified atom stereocenters. The number of para-hydroxylation sites is 1. The topological polar surface area (TPSA) is 90.7 Å². The van der Waals surface area contributed by atoms with Crippen molar-refractivity contribution >= 4 is 33.7 Å². The highest BCUT2D eigenvalue weighted by Crippen LogP contribution is 2.36. The summed E-state index contributed by atoms with van der Waals surface area (Å²) in [7, 11) is 1.27. The summed E-state index contributed by atoms with van der Waals surface area (Å²) in [6.07, 6.45) is -1.50. The second-order valence-corrected chi connectivity index (χ2v) is 9.30. The fourth-order valence-electron chi connectivity index (χ4n) is 4.05. The number of esters is 2. The number of fused-ring (bicyclic) bond motifs is 3. The quantitative estimate of drug-likeness (QED) is 0.315. The SMILES string of the molecule is C=C(C(=O)OC(C)(C)C)C(O)c1nc(C(=O)OC)cc2c3ccccc3n(Cc3ccccc3)c12. The molecule has 2 heterocycles. The summed E-state index contributed by atoms with van der Waals surface area (Å²) in [6, 6.07) is 19.3. The van der Waals surface area contributed by atoms with E-state index in [2.05, 4.69) is 11.6 Å². The number of hydrogen-bond donors (Lipinski definition) is 1. The van der Waals surface area contributed by atoms with E-state index in [1.54, 1.807) is 26.8 Å². The van der Waals surface area contributed by atoms with Gasteiger partial charge in [-0.3, -0.25) is 0 Å². The number of aliphatic hydroxyl groups excluding tert-OH is 1. The van der Waals surface area contributed by atoms with E-state index in [0.717, 1.165) is 16.5 Å². The molecule has 0 fully saturated rings. The third-order valence-corrected chi connectivity index (χ3v) is 5.60. The number of rotatable bonds is 6. The maximum absolute atomic E-state index is 12.7. The third-order valence-electron chi connectivity index (χ3n) is 5.60. The number of aromatic nitrogens is 2. The smallest absolute Gasteiger partial charge is 0.356 e. The molecule has 35 heavy (non-hydrogen) atoms.